The highest BCUT2D eigenvalue weighted by Gasteiger charge is 2.18. The molecule has 0 unspecified atom stereocenters. The largest absolute Gasteiger partial charge is 0.444 e. The van der Waals surface area contributed by atoms with Gasteiger partial charge in [0, 0.05) is 28.5 Å². The second-order valence-corrected chi connectivity index (χ2v) is 10.4. The van der Waals surface area contributed by atoms with Crippen molar-refractivity contribution in [2.45, 2.75) is 84.7 Å². The number of hydrogen-bond donors (Lipinski definition) is 3. The number of anilines is 2. The first kappa shape index (κ1) is 28.0. The van der Waals surface area contributed by atoms with E-state index in [1.165, 1.54) is 38.3 Å². The summed E-state index contributed by atoms with van der Waals surface area (Å²) in [6.07, 6.45) is 10.0. The lowest BCUT2D eigenvalue weighted by Crippen LogP contribution is -2.27. The highest BCUT2D eigenvalue weighted by Crippen LogP contribution is 2.25. The van der Waals surface area contributed by atoms with E-state index < -0.39 is 17.6 Å². The van der Waals surface area contributed by atoms with Crippen LogP contribution in [0.25, 0.3) is 10.9 Å². The number of aromatic amines is 1. The molecule has 0 atom stereocenters. The first-order valence-electron chi connectivity index (χ1n) is 13.2. The second-order valence-electron chi connectivity index (χ2n) is 10.4. The number of aromatic nitrogens is 1. The van der Waals surface area contributed by atoms with Gasteiger partial charge in [-0.2, -0.15) is 0 Å². The summed E-state index contributed by atoms with van der Waals surface area (Å²) in [7, 11) is 0. The van der Waals surface area contributed by atoms with E-state index in [1.807, 2.05) is 32.9 Å². The van der Waals surface area contributed by atoms with Crippen molar-refractivity contribution < 1.29 is 14.3 Å². The van der Waals surface area contributed by atoms with Crippen molar-refractivity contribution in [1.82, 2.24) is 4.98 Å². The summed E-state index contributed by atoms with van der Waals surface area (Å²) in [5.74, 6) is -0.518. The maximum Gasteiger partial charge on any atom is 0.412 e. The molecule has 0 bridgehead atoms. The minimum atomic E-state index is -0.633. The number of hydrogen-bond acceptors (Lipinski definition) is 4. The number of carbonyl (C=O) groups excluding carboxylic acids is 2. The number of nitrogens with one attached hydrogen (secondary N) is 3. The van der Waals surface area contributed by atoms with E-state index in [9.17, 15) is 14.4 Å². The smallest absolute Gasteiger partial charge is 0.412 e. The van der Waals surface area contributed by atoms with Gasteiger partial charge < -0.3 is 15.0 Å². The Morgan fingerprint density at radius 3 is 2.35 bits per heavy atom. The molecule has 0 fully saturated rings. The number of para-hydroxylation sites is 1. The molecule has 3 N–H and O–H groups in total. The first-order valence-corrected chi connectivity index (χ1v) is 13.2. The lowest BCUT2D eigenvalue weighted by Gasteiger charge is -2.21. The van der Waals surface area contributed by atoms with E-state index in [-0.39, 0.29) is 11.0 Å². The Labute approximate surface area is 219 Å². The van der Waals surface area contributed by atoms with Crippen LogP contribution in [0, 0.1) is 0 Å². The summed E-state index contributed by atoms with van der Waals surface area (Å²) in [5.41, 5.74) is 1.76. The van der Waals surface area contributed by atoms with Gasteiger partial charge in [-0.15, -0.1) is 0 Å². The fourth-order valence-corrected chi connectivity index (χ4v) is 4.21. The van der Waals surface area contributed by atoms with Gasteiger partial charge in [-0.3, -0.25) is 14.9 Å². The molecular formula is C30H39N3O4. The fraction of sp³-hybridized carbons (Fsp3) is 0.433. The quantitative estimate of drug-likeness (QED) is 0.236. The Morgan fingerprint density at radius 1 is 0.919 bits per heavy atom. The van der Waals surface area contributed by atoms with Gasteiger partial charge in [-0.05, 0) is 63.4 Å². The molecule has 7 nitrogen and oxygen atoms in total. The van der Waals surface area contributed by atoms with Crippen molar-refractivity contribution in [2.75, 3.05) is 10.6 Å². The van der Waals surface area contributed by atoms with Crippen LogP contribution in [0.3, 0.4) is 0 Å². The molecule has 0 saturated carbocycles. The zero-order valence-corrected chi connectivity index (χ0v) is 22.4. The van der Waals surface area contributed by atoms with E-state index >= 15 is 0 Å². The number of fused-ring (bicyclic) bond motifs is 1. The van der Waals surface area contributed by atoms with Crippen molar-refractivity contribution >= 4 is 34.3 Å². The molecular weight excluding hydrogens is 466 g/mol. The van der Waals surface area contributed by atoms with Crippen molar-refractivity contribution in [3.8, 4) is 0 Å². The fourth-order valence-electron chi connectivity index (χ4n) is 4.21. The van der Waals surface area contributed by atoms with Gasteiger partial charge in [-0.1, -0.05) is 63.6 Å². The van der Waals surface area contributed by atoms with Gasteiger partial charge in [0.05, 0.1) is 0 Å². The number of ether oxygens (including phenoxy) is 1. The standard InChI is InChI=1S/C30H39N3O4/c1-5-6-7-8-9-10-11-14-21-17-18-22(19-26(21)33-29(36)37-30(2,3)4)32-28(35)24-20-31-25-16-13-12-15-23(25)27(24)34/h12-13,15-20H,5-11,14H2,1-4H3,(H,31,34)(H,32,35)(H,33,36). The Balaban J connectivity index is 1.75. The monoisotopic (exact) mass is 505 g/mol. The van der Waals surface area contributed by atoms with Gasteiger partial charge in [0.15, 0.2) is 0 Å². The van der Waals surface area contributed by atoms with Gasteiger partial charge >= 0.3 is 6.09 Å². The highest BCUT2D eigenvalue weighted by molar-refractivity contribution is 6.06. The summed E-state index contributed by atoms with van der Waals surface area (Å²) in [6, 6.07) is 12.5. The number of carbonyl (C=O) groups is 2. The summed E-state index contributed by atoms with van der Waals surface area (Å²) in [6.45, 7) is 7.64. The predicted octanol–water partition coefficient (Wildman–Crippen LogP) is 7.42. The zero-order chi connectivity index (χ0) is 26.8. The summed E-state index contributed by atoms with van der Waals surface area (Å²) < 4.78 is 5.44. The summed E-state index contributed by atoms with van der Waals surface area (Å²) in [5, 5.41) is 6.09. The normalized spacial score (nSPS) is 11.4. The van der Waals surface area contributed by atoms with E-state index in [4.69, 9.17) is 4.74 Å². The maximum atomic E-state index is 13.0. The number of rotatable bonds is 11. The van der Waals surface area contributed by atoms with E-state index in [0.29, 0.717) is 22.3 Å². The minimum absolute atomic E-state index is 0.0208. The molecule has 3 aromatic rings. The lowest BCUT2D eigenvalue weighted by molar-refractivity contribution is 0.0635. The third-order valence-electron chi connectivity index (χ3n) is 6.09. The van der Waals surface area contributed by atoms with Crippen LogP contribution in [0.1, 0.15) is 88.6 Å². The van der Waals surface area contributed by atoms with Crippen molar-refractivity contribution in [3.63, 3.8) is 0 Å². The lowest BCUT2D eigenvalue weighted by atomic mass is 10.0. The highest BCUT2D eigenvalue weighted by atomic mass is 16.6. The van der Waals surface area contributed by atoms with Crippen LogP contribution in [0.2, 0.25) is 0 Å². The Kier molecular flexibility index (Phi) is 9.89. The van der Waals surface area contributed by atoms with Crippen LogP contribution in [0.5, 0.6) is 0 Å². The van der Waals surface area contributed by atoms with Crippen LogP contribution in [0.4, 0.5) is 16.2 Å². The molecule has 0 spiro atoms. The molecule has 3 rings (SSSR count). The molecule has 198 valence electrons. The Hall–Kier alpha value is -3.61. The predicted molar refractivity (Wildman–Crippen MR) is 151 cm³/mol. The third-order valence-corrected chi connectivity index (χ3v) is 6.09. The van der Waals surface area contributed by atoms with Crippen molar-refractivity contribution in [3.05, 3.63) is 70.0 Å². The second kappa shape index (κ2) is 13.1. The number of amides is 2. The number of pyridine rings is 1. The van der Waals surface area contributed by atoms with E-state index in [1.54, 1.807) is 30.3 Å². The topological polar surface area (TPSA) is 100 Å². The molecule has 0 aliphatic heterocycles. The summed E-state index contributed by atoms with van der Waals surface area (Å²) >= 11 is 0. The van der Waals surface area contributed by atoms with Crippen LogP contribution in [0.15, 0.2) is 53.5 Å². The first-order chi connectivity index (χ1) is 17.7. The van der Waals surface area contributed by atoms with Crippen LogP contribution < -0.4 is 16.1 Å². The molecule has 37 heavy (non-hydrogen) atoms. The average molecular weight is 506 g/mol. The maximum absolute atomic E-state index is 13.0. The third kappa shape index (κ3) is 8.48. The average Bonchev–Trinajstić information content (AvgIpc) is 2.83. The van der Waals surface area contributed by atoms with Crippen LogP contribution >= 0.6 is 0 Å². The molecule has 0 aliphatic carbocycles. The number of H-pyrrole nitrogens is 1. The molecule has 0 radical (unpaired) electrons. The molecule has 1 heterocycles. The Bertz CT molecular complexity index is 1270. The number of benzene rings is 2. The van der Waals surface area contributed by atoms with E-state index in [2.05, 4.69) is 22.5 Å². The SMILES string of the molecule is CCCCCCCCCc1ccc(NC(=O)c2c[nH]c3ccccc3c2=O)cc1NC(=O)OC(C)(C)C. The van der Waals surface area contributed by atoms with Gasteiger partial charge in [0.1, 0.15) is 11.2 Å². The zero-order valence-electron chi connectivity index (χ0n) is 22.4. The van der Waals surface area contributed by atoms with Crippen LogP contribution in [-0.4, -0.2) is 22.6 Å². The number of aryl methyl sites for hydroxylation is 1. The van der Waals surface area contributed by atoms with E-state index in [0.717, 1.165) is 24.8 Å². The summed E-state index contributed by atoms with van der Waals surface area (Å²) in [4.78, 5) is 41.3. The van der Waals surface area contributed by atoms with Crippen LogP contribution in [-0.2, 0) is 11.2 Å². The Morgan fingerprint density at radius 2 is 1.62 bits per heavy atom. The molecule has 2 amide bonds. The molecule has 0 aliphatic rings. The van der Waals surface area contributed by atoms with Crippen molar-refractivity contribution in [1.29, 1.82) is 0 Å². The van der Waals surface area contributed by atoms with Gasteiger partial charge in [-0.25, -0.2) is 4.79 Å². The molecule has 1 aromatic heterocycles. The number of unbranched alkanes of at least 4 members (excludes halogenated alkanes) is 6. The minimum Gasteiger partial charge on any atom is -0.444 e. The van der Waals surface area contributed by atoms with Gasteiger partial charge in [0.25, 0.3) is 5.91 Å². The molecule has 0 saturated heterocycles. The molecule has 7 heteroatoms. The van der Waals surface area contributed by atoms with Crippen molar-refractivity contribution in [2.24, 2.45) is 0 Å². The molecule has 2 aromatic carbocycles. The van der Waals surface area contributed by atoms with Gasteiger partial charge in [0.2, 0.25) is 5.43 Å².